The standard InChI is InChI=1S/C24H20F3NO7S/c1-33-23(30)18-6-2-5-9-21(18)36(31,32)28-22(29)14-15-34-16-10-12-17(13-11-16)35-20-8-4-3-7-19(20)24(25,26)27/h2-13H,14-15H2,1H3,(H,28,29). The Kier molecular flexibility index (Phi) is 8.20. The molecule has 0 atom stereocenters. The fourth-order valence-electron chi connectivity index (χ4n) is 3.02. The summed E-state index contributed by atoms with van der Waals surface area (Å²) in [7, 11) is -3.24. The van der Waals surface area contributed by atoms with Crippen LogP contribution in [-0.4, -0.2) is 34.0 Å². The number of benzene rings is 3. The second-order valence-corrected chi connectivity index (χ2v) is 8.83. The molecule has 0 saturated carbocycles. The summed E-state index contributed by atoms with van der Waals surface area (Å²) in [6.45, 7) is -0.197. The van der Waals surface area contributed by atoms with Gasteiger partial charge < -0.3 is 14.2 Å². The molecule has 0 aliphatic carbocycles. The molecule has 3 rings (SSSR count). The quantitative estimate of drug-likeness (QED) is 0.410. The highest BCUT2D eigenvalue weighted by Crippen LogP contribution is 2.38. The van der Waals surface area contributed by atoms with Crippen molar-refractivity contribution < 1.29 is 45.4 Å². The zero-order valence-corrected chi connectivity index (χ0v) is 19.6. The van der Waals surface area contributed by atoms with Crippen LogP contribution in [0.4, 0.5) is 13.2 Å². The Morgan fingerprint density at radius 2 is 1.50 bits per heavy atom. The minimum Gasteiger partial charge on any atom is -0.493 e. The van der Waals surface area contributed by atoms with Crippen molar-refractivity contribution in [3.63, 3.8) is 0 Å². The fourth-order valence-corrected chi connectivity index (χ4v) is 4.23. The van der Waals surface area contributed by atoms with Crippen LogP contribution in [0.15, 0.2) is 77.7 Å². The van der Waals surface area contributed by atoms with Gasteiger partial charge in [0.05, 0.1) is 31.3 Å². The number of esters is 1. The average molecular weight is 523 g/mol. The molecule has 0 fully saturated rings. The molecule has 0 aliphatic heterocycles. The van der Waals surface area contributed by atoms with Crippen LogP contribution in [0.25, 0.3) is 0 Å². The van der Waals surface area contributed by atoms with E-state index in [1.54, 1.807) is 0 Å². The fraction of sp³-hybridized carbons (Fsp3) is 0.167. The van der Waals surface area contributed by atoms with Crippen molar-refractivity contribution in [1.29, 1.82) is 0 Å². The van der Waals surface area contributed by atoms with E-state index in [1.165, 1.54) is 60.7 Å². The zero-order valence-electron chi connectivity index (χ0n) is 18.7. The molecule has 1 N–H and O–H groups in total. The Hall–Kier alpha value is -4.06. The number of para-hydroxylation sites is 1. The number of halogens is 3. The minimum atomic E-state index is -4.57. The molecule has 0 aromatic heterocycles. The second kappa shape index (κ2) is 11.1. The lowest BCUT2D eigenvalue weighted by Crippen LogP contribution is -2.32. The van der Waals surface area contributed by atoms with Crippen molar-refractivity contribution in [1.82, 2.24) is 4.72 Å². The number of ether oxygens (including phenoxy) is 3. The Labute approximate surface area is 204 Å². The Bertz CT molecular complexity index is 1340. The maximum Gasteiger partial charge on any atom is 0.419 e. The first-order chi connectivity index (χ1) is 17.0. The Morgan fingerprint density at radius 3 is 2.17 bits per heavy atom. The van der Waals surface area contributed by atoms with E-state index < -0.39 is 38.5 Å². The largest absolute Gasteiger partial charge is 0.493 e. The van der Waals surface area contributed by atoms with E-state index in [2.05, 4.69) is 4.74 Å². The summed E-state index contributed by atoms with van der Waals surface area (Å²) in [5, 5.41) is 0. The molecule has 3 aromatic carbocycles. The molecule has 1 amide bonds. The van der Waals surface area contributed by atoms with E-state index >= 15 is 0 Å². The van der Waals surface area contributed by atoms with Gasteiger partial charge in [0.15, 0.2) is 0 Å². The summed E-state index contributed by atoms with van der Waals surface area (Å²) in [5.74, 6) is -1.70. The Balaban J connectivity index is 1.56. The topological polar surface area (TPSA) is 108 Å². The molecule has 0 spiro atoms. The summed E-state index contributed by atoms with van der Waals surface area (Å²) >= 11 is 0. The number of hydrogen-bond acceptors (Lipinski definition) is 7. The number of carbonyl (C=O) groups is 2. The number of hydrogen-bond donors (Lipinski definition) is 1. The van der Waals surface area contributed by atoms with Crippen molar-refractivity contribution in [2.24, 2.45) is 0 Å². The number of rotatable bonds is 9. The summed E-state index contributed by atoms with van der Waals surface area (Å²) < 4.78 is 81.5. The van der Waals surface area contributed by atoms with Gasteiger partial charge in [0.2, 0.25) is 5.91 Å². The molecule has 3 aromatic rings. The first kappa shape index (κ1) is 26.5. The molecule has 12 heteroatoms. The lowest BCUT2D eigenvalue weighted by molar-refractivity contribution is -0.138. The lowest BCUT2D eigenvalue weighted by Gasteiger charge is -2.14. The predicted octanol–water partition coefficient (Wildman–Crippen LogP) is 4.56. The number of nitrogens with one attached hydrogen (secondary N) is 1. The predicted molar refractivity (Wildman–Crippen MR) is 121 cm³/mol. The van der Waals surface area contributed by atoms with Crippen molar-refractivity contribution in [3.8, 4) is 17.2 Å². The summed E-state index contributed by atoms with van der Waals surface area (Å²) in [6.07, 6.45) is -4.91. The van der Waals surface area contributed by atoms with E-state index in [4.69, 9.17) is 9.47 Å². The van der Waals surface area contributed by atoms with E-state index in [9.17, 15) is 31.2 Å². The van der Waals surface area contributed by atoms with Gasteiger partial charge in [0.25, 0.3) is 10.0 Å². The molecule has 0 unspecified atom stereocenters. The van der Waals surface area contributed by atoms with E-state index in [1.807, 2.05) is 4.72 Å². The van der Waals surface area contributed by atoms with Gasteiger partial charge in [-0.2, -0.15) is 13.2 Å². The molecule has 0 bridgehead atoms. The first-order valence-corrected chi connectivity index (χ1v) is 11.8. The third-order valence-corrected chi connectivity index (χ3v) is 6.10. The molecular formula is C24H20F3NO7S. The maximum atomic E-state index is 13.1. The third-order valence-electron chi connectivity index (χ3n) is 4.67. The van der Waals surface area contributed by atoms with Crippen LogP contribution in [0.1, 0.15) is 22.3 Å². The van der Waals surface area contributed by atoms with Gasteiger partial charge in [-0.25, -0.2) is 17.9 Å². The highest BCUT2D eigenvalue weighted by atomic mass is 32.2. The van der Waals surface area contributed by atoms with Gasteiger partial charge in [-0.05, 0) is 48.5 Å². The maximum absolute atomic E-state index is 13.1. The average Bonchev–Trinajstić information content (AvgIpc) is 2.84. The van der Waals surface area contributed by atoms with Crippen molar-refractivity contribution in [2.75, 3.05) is 13.7 Å². The van der Waals surface area contributed by atoms with Crippen LogP contribution in [0.2, 0.25) is 0 Å². The SMILES string of the molecule is COC(=O)c1ccccc1S(=O)(=O)NC(=O)CCOc1ccc(Oc2ccccc2C(F)(F)F)cc1. The van der Waals surface area contributed by atoms with Crippen LogP contribution < -0.4 is 14.2 Å². The zero-order chi connectivity index (χ0) is 26.3. The minimum absolute atomic E-state index is 0.132. The molecule has 0 heterocycles. The number of carbonyl (C=O) groups excluding carboxylic acids is 2. The van der Waals surface area contributed by atoms with Gasteiger partial charge >= 0.3 is 12.1 Å². The van der Waals surface area contributed by atoms with E-state index in [-0.39, 0.29) is 35.8 Å². The first-order valence-electron chi connectivity index (χ1n) is 10.3. The molecule has 0 aliphatic rings. The monoisotopic (exact) mass is 523 g/mol. The van der Waals surface area contributed by atoms with Gasteiger partial charge in [-0.3, -0.25) is 4.79 Å². The highest BCUT2D eigenvalue weighted by molar-refractivity contribution is 7.90. The van der Waals surface area contributed by atoms with Gasteiger partial charge in [-0.1, -0.05) is 24.3 Å². The smallest absolute Gasteiger partial charge is 0.419 e. The van der Waals surface area contributed by atoms with Crippen LogP contribution in [-0.2, 0) is 25.7 Å². The lowest BCUT2D eigenvalue weighted by atomic mass is 10.2. The summed E-state index contributed by atoms with van der Waals surface area (Å²) in [6, 6.07) is 15.7. The van der Waals surface area contributed by atoms with Crippen LogP contribution in [0, 0.1) is 0 Å². The van der Waals surface area contributed by atoms with Gasteiger partial charge in [0, 0.05) is 0 Å². The molecule has 36 heavy (non-hydrogen) atoms. The molecule has 0 saturated heterocycles. The van der Waals surface area contributed by atoms with Crippen LogP contribution in [0.3, 0.4) is 0 Å². The number of amides is 1. The number of sulfonamides is 1. The third kappa shape index (κ3) is 6.75. The summed E-state index contributed by atoms with van der Waals surface area (Å²) in [4.78, 5) is 23.5. The van der Waals surface area contributed by atoms with Crippen molar-refractivity contribution >= 4 is 21.9 Å². The Morgan fingerprint density at radius 1 is 0.889 bits per heavy atom. The van der Waals surface area contributed by atoms with Gasteiger partial charge in [0.1, 0.15) is 22.1 Å². The second-order valence-electron chi connectivity index (χ2n) is 7.18. The van der Waals surface area contributed by atoms with E-state index in [0.717, 1.165) is 19.2 Å². The molecule has 0 radical (unpaired) electrons. The molecular weight excluding hydrogens is 503 g/mol. The van der Waals surface area contributed by atoms with Crippen LogP contribution >= 0.6 is 0 Å². The molecule has 190 valence electrons. The van der Waals surface area contributed by atoms with Crippen LogP contribution in [0.5, 0.6) is 17.2 Å². The number of alkyl halides is 3. The van der Waals surface area contributed by atoms with Crippen molar-refractivity contribution in [2.45, 2.75) is 17.5 Å². The summed E-state index contributed by atoms with van der Waals surface area (Å²) in [5.41, 5.74) is -1.14. The van der Waals surface area contributed by atoms with E-state index in [0.29, 0.717) is 0 Å². The van der Waals surface area contributed by atoms with Gasteiger partial charge in [-0.15, -0.1) is 0 Å². The number of methoxy groups -OCH3 is 1. The molecule has 8 nitrogen and oxygen atoms in total. The normalized spacial score (nSPS) is 11.4. The highest BCUT2D eigenvalue weighted by Gasteiger charge is 2.34. The van der Waals surface area contributed by atoms with Crippen molar-refractivity contribution in [3.05, 3.63) is 83.9 Å².